The first kappa shape index (κ1) is 35.2. The van der Waals surface area contributed by atoms with Gasteiger partial charge in [-0.15, -0.1) is 0 Å². The van der Waals surface area contributed by atoms with E-state index in [-0.39, 0.29) is 36.6 Å². The molecule has 2 aliphatic heterocycles. The van der Waals surface area contributed by atoms with Gasteiger partial charge in [-0.05, 0) is 59.6 Å². The molecule has 0 saturated carbocycles. The normalized spacial score (nSPS) is 27.9. The molecule has 41 heavy (non-hydrogen) atoms. The van der Waals surface area contributed by atoms with Crippen LogP contribution in [0.25, 0.3) is 0 Å². The third kappa shape index (κ3) is 11.3. The highest BCUT2D eigenvalue weighted by Gasteiger charge is 2.40. The van der Waals surface area contributed by atoms with Gasteiger partial charge in [0.05, 0.1) is 36.4 Å². The van der Waals surface area contributed by atoms with Crippen molar-refractivity contribution in [2.24, 2.45) is 11.8 Å². The van der Waals surface area contributed by atoms with Crippen LogP contribution in [0.1, 0.15) is 67.7 Å². The van der Waals surface area contributed by atoms with Gasteiger partial charge in [-0.3, -0.25) is 4.79 Å². The smallest absolute Gasteiger partial charge is 0.410 e. The number of likely N-dealkylation sites (N-methyl/N-ethyl adjacent to an activating group) is 1. The van der Waals surface area contributed by atoms with E-state index in [1.165, 1.54) is 0 Å². The lowest BCUT2D eigenvalue weighted by molar-refractivity contribution is -0.151. The van der Waals surface area contributed by atoms with E-state index in [4.69, 9.17) is 18.9 Å². The maximum atomic E-state index is 12.9. The summed E-state index contributed by atoms with van der Waals surface area (Å²) in [5.41, 5.74) is 0.514. The second-order valence-corrected chi connectivity index (χ2v) is 12.6. The number of carbonyl (C=O) groups is 2. The van der Waals surface area contributed by atoms with Crippen LogP contribution in [0.15, 0.2) is 23.8 Å². The lowest BCUT2D eigenvalue weighted by Gasteiger charge is -2.41. The van der Waals surface area contributed by atoms with E-state index >= 15 is 0 Å². The average molecular weight is 583 g/mol. The lowest BCUT2D eigenvalue weighted by Crippen LogP contribution is -2.51. The Morgan fingerprint density at radius 1 is 1.15 bits per heavy atom. The predicted octanol–water partition coefficient (Wildman–Crippen LogP) is 4.12. The molecule has 2 fully saturated rings. The Morgan fingerprint density at radius 2 is 1.78 bits per heavy atom. The van der Waals surface area contributed by atoms with Crippen molar-refractivity contribution in [3.63, 3.8) is 0 Å². The third-order valence-electron chi connectivity index (χ3n) is 8.09. The van der Waals surface area contributed by atoms with E-state index in [1.54, 1.807) is 18.9 Å². The Kier molecular flexibility index (Phi) is 13.8. The number of piperazine rings is 1. The fraction of sp³-hybridized carbons (Fsp3) is 0.806. The zero-order valence-corrected chi connectivity index (χ0v) is 26.5. The Balaban J connectivity index is 2.05. The summed E-state index contributed by atoms with van der Waals surface area (Å²) in [7, 11) is 3.60. The molecule has 0 aromatic heterocycles. The average Bonchev–Trinajstić information content (AvgIpc) is 2.85. The van der Waals surface area contributed by atoms with Gasteiger partial charge in [0.2, 0.25) is 0 Å². The number of ether oxygens (including phenoxy) is 4. The van der Waals surface area contributed by atoms with Gasteiger partial charge in [0.25, 0.3) is 0 Å². The quantitative estimate of drug-likeness (QED) is 0.309. The molecule has 2 saturated heterocycles. The molecular formula is C31H54N2O8. The first-order valence-electron chi connectivity index (χ1n) is 14.9. The summed E-state index contributed by atoms with van der Waals surface area (Å²) in [6.07, 6.45) is 4.08. The van der Waals surface area contributed by atoms with E-state index in [9.17, 15) is 19.8 Å². The van der Waals surface area contributed by atoms with Crippen molar-refractivity contribution in [1.29, 1.82) is 0 Å². The number of aliphatic carboxylic acids is 1. The second kappa shape index (κ2) is 16.0. The van der Waals surface area contributed by atoms with E-state index < -0.39 is 36.0 Å². The van der Waals surface area contributed by atoms with Crippen molar-refractivity contribution < 1.29 is 38.7 Å². The molecule has 0 aromatic rings. The fourth-order valence-electron chi connectivity index (χ4n) is 5.99. The molecule has 0 bridgehead atoms. The summed E-state index contributed by atoms with van der Waals surface area (Å²) in [6, 6.07) is 0. The number of rotatable bonds is 13. The summed E-state index contributed by atoms with van der Waals surface area (Å²) >= 11 is 0. The van der Waals surface area contributed by atoms with Crippen LogP contribution in [0.3, 0.4) is 0 Å². The maximum Gasteiger partial charge on any atom is 0.410 e. The molecule has 10 heteroatoms. The zero-order valence-electron chi connectivity index (χ0n) is 26.5. The van der Waals surface area contributed by atoms with Gasteiger partial charge in [-0.25, -0.2) is 4.79 Å². The molecule has 2 N–H and O–H groups in total. The van der Waals surface area contributed by atoms with E-state index in [2.05, 4.69) is 17.9 Å². The van der Waals surface area contributed by atoms with Crippen LogP contribution >= 0.6 is 0 Å². The predicted molar refractivity (Wildman–Crippen MR) is 158 cm³/mol. The molecule has 0 aromatic carbocycles. The van der Waals surface area contributed by atoms with Crippen molar-refractivity contribution in [1.82, 2.24) is 9.80 Å². The number of hydrogen-bond donors (Lipinski definition) is 2. The van der Waals surface area contributed by atoms with Crippen molar-refractivity contribution in [3.05, 3.63) is 23.8 Å². The maximum absolute atomic E-state index is 12.9. The highest BCUT2D eigenvalue weighted by atomic mass is 16.6. The number of carbonyl (C=O) groups excluding carboxylic acids is 1. The monoisotopic (exact) mass is 582 g/mol. The van der Waals surface area contributed by atoms with Gasteiger partial charge < -0.3 is 39.0 Å². The number of carboxylic acids is 1. The standard InChI is InChI=1S/C31H54N2O8/c1-20(19-31(6,7)41-24(5)29(38-9)23(4)34)11-10-12-21(2)28-22(3)26(17-25(39-28)18-27(35)36)40-30(37)33-15-13-32(8)14-16-33/h10-12,20,22-26,28-29,34H,13-19H2,1-9H3,(H,35,36)/b11-10+,21-12+/t20-,22+,23-,24?,25-,26-,28-,29+/m1/s1. The molecule has 1 unspecified atom stereocenters. The van der Waals surface area contributed by atoms with Gasteiger partial charge in [0.1, 0.15) is 12.2 Å². The molecule has 8 atom stereocenters. The summed E-state index contributed by atoms with van der Waals surface area (Å²) in [5.74, 6) is -0.863. The van der Waals surface area contributed by atoms with Crippen LogP contribution < -0.4 is 0 Å². The molecule has 0 radical (unpaired) electrons. The van der Waals surface area contributed by atoms with Gasteiger partial charge >= 0.3 is 12.1 Å². The molecule has 10 nitrogen and oxygen atoms in total. The van der Waals surface area contributed by atoms with Gasteiger partial charge in [0.15, 0.2) is 0 Å². The summed E-state index contributed by atoms with van der Waals surface area (Å²) in [4.78, 5) is 28.3. The Morgan fingerprint density at radius 3 is 2.34 bits per heavy atom. The number of allylic oxidation sites excluding steroid dienone is 3. The molecule has 2 heterocycles. The molecule has 0 spiro atoms. The van der Waals surface area contributed by atoms with Crippen molar-refractivity contribution in [3.8, 4) is 0 Å². The Labute approximate surface area is 246 Å². The van der Waals surface area contributed by atoms with Crippen LogP contribution in [0.4, 0.5) is 4.79 Å². The summed E-state index contributed by atoms with van der Waals surface area (Å²) < 4.78 is 23.8. The minimum atomic E-state index is -0.938. The second-order valence-electron chi connectivity index (χ2n) is 12.6. The first-order chi connectivity index (χ1) is 19.1. The first-order valence-corrected chi connectivity index (χ1v) is 14.9. The lowest BCUT2D eigenvalue weighted by atomic mass is 9.85. The Hall–Kier alpha value is -1.98. The Bertz CT molecular complexity index is 897. The molecule has 0 aliphatic carbocycles. The highest BCUT2D eigenvalue weighted by Crippen LogP contribution is 2.33. The summed E-state index contributed by atoms with van der Waals surface area (Å²) in [5, 5.41) is 19.4. The number of amides is 1. The number of nitrogens with zero attached hydrogens (tertiary/aromatic N) is 2. The van der Waals surface area contributed by atoms with Crippen molar-refractivity contribution in [2.75, 3.05) is 40.3 Å². The number of hydrogen-bond acceptors (Lipinski definition) is 8. The largest absolute Gasteiger partial charge is 0.481 e. The number of methoxy groups -OCH3 is 1. The highest BCUT2D eigenvalue weighted by molar-refractivity contribution is 5.68. The molecular weight excluding hydrogens is 528 g/mol. The topological polar surface area (TPSA) is 118 Å². The minimum Gasteiger partial charge on any atom is -0.481 e. The van der Waals surface area contributed by atoms with E-state index in [0.29, 0.717) is 19.5 Å². The summed E-state index contributed by atoms with van der Waals surface area (Å²) in [6.45, 7) is 16.6. The number of aliphatic hydroxyl groups excluding tert-OH is 1. The minimum absolute atomic E-state index is 0.130. The van der Waals surface area contributed by atoms with Crippen LogP contribution in [-0.2, 0) is 23.7 Å². The SMILES string of the molecule is CO[C@H](C(C)OC(C)(C)C[C@H](C)/C=C/C=C(\C)[C@H]1O[C@@H](CC(=O)O)C[C@@H](OC(=O)N2CCN(C)CC2)[C@@H]1C)[C@@H](C)O. The van der Waals surface area contributed by atoms with Crippen LogP contribution in [0.2, 0.25) is 0 Å². The number of carboxylic acid groups (broad SMARTS) is 1. The van der Waals surface area contributed by atoms with Crippen molar-refractivity contribution in [2.45, 2.75) is 110 Å². The molecule has 2 rings (SSSR count). The zero-order chi connectivity index (χ0) is 30.9. The van der Waals surface area contributed by atoms with Gasteiger partial charge in [-0.1, -0.05) is 32.1 Å². The molecule has 236 valence electrons. The van der Waals surface area contributed by atoms with Crippen LogP contribution in [0, 0.1) is 11.8 Å². The van der Waals surface area contributed by atoms with Crippen LogP contribution in [0.5, 0.6) is 0 Å². The molecule has 1 amide bonds. The van der Waals surface area contributed by atoms with E-state index in [0.717, 1.165) is 25.1 Å². The van der Waals surface area contributed by atoms with Gasteiger partial charge in [0, 0.05) is 45.6 Å². The van der Waals surface area contributed by atoms with Crippen LogP contribution in [-0.4, -0.2) is 115 Å². The van der Waals surface area contributed by atoms with Gasteiger partial charge in [-0.2, -0.15) is 0 Å². The molecule has 2 aliphatic rings. The fourth-order valence-corrected chi connectivity index (χ4v) is 5.99. The van der Waals surface area contributed by atoms with E-state index in [1.807, 2.05) is 53.8 Å². The number of aliphatic hydroxyl groups is 1. The van der Waals surface area contributed by atoms with Crippen molar-refractivity contribution >= 4 is 12.1 Å². The third-order valence-corrected chi connectivity index (χ3v) is 8.09.